The van der Waals surface area contributed by atoms with E-state index in [1.165, 1.54) is 0 Å². The number of hydrogen-bond acceptors (Lipinski definition) is 6. The van der Waals surface area contributed by atoms with E-state index in [0.29, 0.717) is 38.5 Å². The zero-order chi connectivity index (χ0) is 25.3. The highest BCUT2D eigenvalue weighted by molar-refractivity contribution is 7.98. The summed E-state index contributed by atoms with van der Waals surface area (Å²) in [5, 5.41) is 2.99. The zero-order valence-electron chi connectivity index (χ0n) is 19.9. The first-order valence-electron chi connectivity index (χ1n) is 11.2. The van der Waals surface area contributed by atoms with Gasteiger partial charge < -0.3 is 5.32 Å². The molecule has 0 heterocycles. The molecule has 1 amide bonds. The standard InChI is InChI=1S/C24H27F4N3O2S2.H2S/c1-31(17-4-6-18(34-2)7-5-17)35-33-30-20-15-16(24(26,27)28)3-8-19(20)21(32)29-23-12-9-22(25,10-13-23)11-14-23;/h3-8,15,30H,9-14H2,1-2H3,(H,29,32);1H2. The first kappa shape index (κ1) is 28.8. The molecule has 2 aromatic rings. The van der Waals surface area contributed by atoms with Crippen molar-refractivity contribution in [2.24, 2.45) is 0 Å². The molecule has 36 heavy (non-hydrogen) atoms. The monoisotopic (exact) mass is 563 g/mol. The molecule has 0 atom stereocenters. The Balaban J connectivity index is 0.00000361. The Kier molecular flexibility index (Phi) is 9.06. The van der Waals surface area contributed by atoms with Gasteiger partial charge in [-0.25, -0.2) is 4.39 Å². The molecule has 2 aromatic carbocycles. The lowest BCUT2D eigenvalue weighted by Crippen LogP contribution is -2.57. The number of anilines is 2. The molecule has 5 rings (SSSR count). The number of nitrogens with one attached hydrogen (secondary N) is 2. The van der Waals surface area contributed by atoms with Gasteiger partial charge >= 0.3 is 6.18 Å². The van der Waals surface area contributed by atoms with Crippen LogP contribution in [0, 0.1) is 0 Å². The third kappa shape index (κ3) is 6.56. The first-order chi connectivity index (χ1) is 16.5. The summed E-state index contributed by atoms with van der Waals surface area (Å²) in [6.07, 6.45) is 0.103. The van der Waals surface area contributed by atoms with Crippen molar-refractivity contribution in [2.75, 3.05) is 23.1 Å². The topological polar surface area (TPSA) is 53.6 Å². The first-order valence-corrected chi connectivity index (χ1v) is 13.2. The summed E-state index contributed by atoms with van der Waals surface area (Å²) in [6, 6.07) is 10.6. The van der Waals surface area contributed by atoms with Gasteiger partial charge in [-0.2, -0.15) is 31.0 Å². The van der Waals surface area contributed by atoms with Crippen molar-refractivity contribution in [1.29, 1.82) is 0 Å². The van der Waals surface area contributed by atoms with Crippen LogP contribution >= 0.6 is 37.5 Å². The lowest BCUT2D eigenvalue weighted by molar-refractivity contribution is -0.137. The van der Waals surface area contributed by atoms with Crippen LogP contribution in [0.2, 0.25) is 0 Å². The van der Waals surface area contributed by atoms with Crippen LogP contribution in [0.25, 0.3) is 0 Å². The largest absolute Gasteiger partial charge is 0.416 e. The van der Waals surface area contributed by atoms with Gasteiger partial charge in [0.15, 0.2) is 0 Å². The number of halogens is 4. The van der Waals surface area contributed by atoms with Crippen LogP contribution in [-0.4, -0.2) is 30.4 Å². The Morgan fingerprint density at radius 2 is 1.64 bits per heavy atom. The molecule has 0 unspecified atom stereocenters. The summed E-state index contributed by atoms with van der Waals surface area (Å²) in [4.78, 5) is 14.2. The predicted molar refractivity (Wildman–Crippen MR) is 142 cm³/mol. The fourth-order valence-electron chi connectivity index (χ4n) is 4.59. The summed E-state index contributed by atoms with van der Waals surface area (Å²) >= 11 is 2.49. The smallest absolute Gasteiger partial charge is 0.347 e. The minimum absolute atomic E-state index is 0. The highest BCUT2D eigenvalue weighted by Crippen LogP contribution is 2.49. The predicted octanol–water partition coefficient (Wildman–Crippen LogP) is 7.13. The lowest BCUT2D eigenvalue weighted by atomic mass is 9.64. The Labute approximate surface area is 223 Å². The summed E-state index contributed by atoms with van der Waals surface area (Å²) in [7, 11) is 1.75. The Bertz CT molecular complexity index is 1050. The SMILES string of the molecule is CSc1ccc(N(C)SONc2cc(C(F)(F)F)ccc2C(=O)NC23CCC(F)(CC2)CC3)cc1.S. The fourth-order valence-corrected chi connectivity index (χ4v) is 5.45. The summed E-state index contributed by atoms with van der Waals surface area (Å²) < 4.78 is 61.6. The molecule has 12 heteroatoms. The van der Waals surface area contributed by atoms with E-state index < -0.39 is 28.9 Å². The van der Waals surface area contributed by atoms with Crippen molar-refractivity contribution in [3.05, 3.63) is 53.6 Å². The third-order valence-electron chi connectivity index (χ3n) is 6.86. The Hall–Kier alpha value is -1.76. The van der Waals surface area contributed by atoms with Crippen molar-refractivity contribution in [2.45, 2.75) is 60.8 Å². The molecule has 2 N–H and O–H groups in total. The van der Waals surface area contributed by atoms with E-state index in [9.17, 15) is 22.4 Å². The van der Waals surface area contributed by atoms with Gasteiger partial charge in [0.2, 0.25) is 0 Å². The summed E-state index contributed by atoms with van der Waals surface area (Å²) in [6.45, 7) is 0. The van der Waals surface area contributed by atoms with Gasteiger partial charge in [-0.05, 0) is 87.2 Å². The molecule has 198 valence electrons. The van der Waals surface area contributed by atoms with E-state index in [-0.39, 0.29) is 24.7 Å². The molecule has 2 bridgehead atoms. The molecule has 5 nitrogen and oxygen atoms in total. The van der Waals surface area contributed by atoms with Gasteiger partial charge in [-0.1, -0.05) is 0 Å². The second-order valence-electron chi connectivity index (χ2n) is 9.10. The Morgan fingerprint density at radius 3 is 2.19 bits per heavy atom. The van der Waals surface area contributed by atoms with Crippen molar-refractivity contribution in [3.63, 3.8) is 0 Å². The van der Waals surface area contributed by atoms with Gasteiger partial charge in [0.05, 0.1) is 16.8 Å². The lowest BCUT2D eigenvalue weighted by Gasteiger charge is -2.50. The summed E-state index contributed by atoms with van der Waals surface area (Å²) in [5.74, 6) is -0.510. The van der Waals surface area contributed by atoms with E-state index in [1.807, 2.05) is 30.5 Å². The molecular weight excluding hydrogens is 534 g/mol. The molecular formula is C24H29F4N3O2S3. The summed E-state index contributed by atoms with van der Waals surface area (Å²) in [5.41, 5.74) is 0.692. The van der Waals surface area contributed by atoms with E-state index in [0.717, 1.165) is 41.0 Å². The van der Waals surface area contributed by atoms with E-state index in [4.69, 9.17) is 4.28 Å². The highest BCUT2D eigenvalue weighted by atomic mass is 32.2. The minimum Gasteiger partial charge on any atom is -0.347 e. The second kappa shape index (κ2) is 11.3. The second-order valence-corrected chi connectivity index (χ2v) is 10.8. The maximum Gasteiger partial charge on any atom is 0.416 e. The van der Waals surface area contributed by atoms with Crippen molar-refractivity contribution >= 4 is 54.8 Å². The average Bonchev–Trinajstić information content (AvgIpc) is 2.84. The quantitative estimate of drug-likeness (QED) is 0.117. The van der Waals surface area contributed by atoms with Crippen LogP contribution < -0.4 is 15.1 Å². The van der Waals surface area contributed by atoms with Gasteiger partial charge in [-0.3, -0.25) is 14.6 Å². The normalized spacial score (nSPS) is 23.1. The van der Waals surface area contributed by atoms with Gasteiger partial charge in [0.1, 0.15) is 17.9 Å². The van der Waals surface area contributed by atoms with Gasteiger partial charge in [0, 0.05) is 23.2 Å². The molecule has 0 saturated heterocycles. The third-order valence-corrected chi connectivity index (χ3v) is 8.20. The number of thioether (sulfide) groups is 1. The van der Waals surface area contributed by atoms with E-state index in [1.54, 1.807) is 23.1 Å². The maximum atomic E-state index is 14.5. The maximum absolute atomic E-state index is 14.5. The molecule has 3 aliphatic rings. The molecule has 3 saturated carbocycles. The van der Waals surface area contributed by atoms with Crippen LogP contribution in [0.5, 0.6) is 0 Å². The van der Waals surface area contributed by atoms with Crippen LogP contribution in [0.1, 0.15) is 54.4 Å². The highest BCUT2D eigenvalue weighted by Gasteiger charge is 2.49. The van der Waals surface area contributed by atoms with Crippen molar-refractivity contribution in [1.82, 2.24) is 5.32 Å². The van der Waals surface area contributed by atoms with Crippen molar-refractivity contribution < 1.29 is 26.6 Å². The number of nitrogens with zero attached hydrogens (tertiary/aromatic N) is 1. The number of carbonyl (C=O) groups is 1. The molecule has 3 aliphatic carbocycles. The number of fused-ring (bicyclic) bond motifs is 3. The zero-order valence-corrected chi connectivity index (χ0v) is 22.5. The van der Waals surface area contributed by atoms with Crippen LogP contribution in [0.15, 0.2) is 47.4 Å². The van der Waals surface area contributed by atoms with E-state index >= 15 is 0 Å². The number of alkyl halides is 4. The van der Waals surface area contributed by atoms with Crippen LogP contribution in [0.3, 0.4) is 0 Å². The Morgan fingerprint density at radius 1 is 1.03 bits per heavy atom. The van der Waals surface area contributed by atoms with E-state index in [2.05, 4.69) is 10.8 Å². The molecule has 3 fully saturated rings. The number of carbonyl (C=O) groups excluding carboxylic acids is 1. The molecule has 0 spiro atoms. The van der Waals surface area contributed by atoms with Crippen molar-refractivity contribution in [3.8, 4) is 0 Å². The van der Waals surface area contributed by atoms with Crippen LogP contribution in [-0.2, 0) is 10.5 Å². The average molecular weight is 564 g/mol. The number of benzene rings is 2. The molecule has 0 aromatic heterocycles. The number of amides is 1. The number of rotatable bonds is 8. The molecule has 0 aliphatic heterocycles. The van der Waals surface area contributed by atoms with Gasteiger partial charge in [0.25, 0.3) is 5.91 Å². The van der Waals surface area contributed by atoms with Gasteiger partial charge in [-0.15, -0.1) is 11.8 Å². The van der Waals surface area contributed by atoms with Crippen LogP contribution in [0.4, 0.5) is 28.9 Å². The fraction of sp³-hybridized carbons (Fsp3) is 0.458. The number of hydrogen-bond donors (Lipinski definition) is 2. The minimum atomic E-state index is -4.58. The molecule has 0 radical (unpaired) electrons.